The van der Waals surface area contributed by atoms with E-state index in [-0.39, 0.29) is 6.04 Å². The number of hydrazone groups is 1. The molecule has 0 saturated heterocycles. The Kier molecular flexibility index (Phi) is 4.96. The highest BCUT2D eigenvalue weighted by molar-refractivity contribution is 5.89. The lowest BCUT2D eigenvalue weighted by Gasteiger charge is -2.25. The van der Waals surface area contributed by atoms with E-state index in [0.29, 0.717) is 12.3 Å². The first-order chi connectivity index (χ1) is 11.8. The summed E-state index contributed by atoms with van der Waals surface area (Å²) in [5.74, 6) is 2.25. The van der Waals surface area contributed by atoms with E-state index in [1.165, 1.54) is 0 Å². The van der Waals surface area contributed by atoms with Crippen molar-refractivity contribution in [3.63, 3.8) is 0 Å². The minimum absolute atomic E-state index is 0.00602. The molecule has 2 aromatic rings. The van der Waals surface area contributed by atoms with Crippen LogP contribution in [0.1, 0.15) is 24.4 Å². The average molecular weight is 326 g/mol. The number of methoxy groups -OCH3 is 2. The first-order valence-electron chi connectivity index (χ1n) is 7.96. The van der Waals surface area contributed by atoms with Crippen molar-refractivity contribution in [1.29, 1.82) is 0 Å². The largest absolute Gasteiger partial charge is 0.493 e. The summed E-state index contributed by atoms with van der Waals surface area (Å²) in [5, 5.41) is 6.69. The van der Waals surface area contributed by atoms with Crippen LogP contribution in [0.5, 0.6) is 11.5 Å². The Morgan fingerprint density at radius 1 is 1.17 bits per heavy atom. The molecule has 0 spiro atoms. The molecule has 0 amide bonds. The second kappa shape index (κ2) is 7.31. The van der Waals surface area contributed by atoms with Crippen molar-refractivity contribution in [2.45, 2.75) is 18.9 Å². The summed E-state index contributed by atoms with van der Waals surface area (Å²) in [7, 11) is 3.30. The fourth-order valence-corrected chi connectivity index (χ4v) is 3.01. The number of rotatable bonds is 6. The molecule has 1 aromatic heterocycles. The number of nitrogens with two attached hydrogens (primary N) is 1. The highest BCUT2D eigenvalue weighted by Crippen LogP contribution is 2.42. The van der Waals surface area contributed by atoms with Gasteiger partial charge in [0.2, 0.25) is 0 Å². The highest BCUT2D eigenvalue weighted by Gasteiger charge is 2.32. The van der Waals surface area contributed by atoms with Crippen LogP contribution in [0.15, 0.2) is 47.7 Å². The first kappa shape index (κ1) is 16.3. The monoisotopic (exact) mass is 326 g/mol. The second-order valence-corrected chi connectivity index (χ2v) is 5.54. The molecule has 2 N–H and O–H groups in total. The van der Waals surface area contributed by atoms with Crippen molar-refractivity contribution in [3.8, 4) is 11.5 Å². The van der Waals surface area contributed by atoms with Gasteiger partial charge in [-0.25, -0.2) is 9.99 Å². The summed E-state index contributed by atoms with van der Waals surface area (Å²) in [6.45, 7) is 0.580. The molecule has 24 heavy (non-hydrogen) atoms. The predicted octanol–water partition coefficient (Wildman–Crippen LogP) is 2.76. The fourth-order valence-electron chi connectivity index (χ4n) is 3.01. The summed E-state index contributed by atoms with van der Waals surface area (Å²) < 4.78 is 11.0. The summed E-state index contributed by atoms with van der Waals surface area (Å²) in [4.78, 5) is 4.44. The van der Waals surface area contributed by atoms with Gasteiger partial charge in [0.15, 0.2) is 11.5 Å². The number of para-hydroxylation sites is 1. The summed E-state index contributed by atoms with van der Waals surface area (Å²) >= 11 is 0. The van der Waals surface area contributed by atoms with Crippen molar-refractivity contribution in [3.05, 3.63) is 48.2 Å². The Morgan fingerprint density at radius 2 is 2.04 bits per heavy atom. The lowest BCUT2D eigenvalue weighted by Crippen LogP contribution is -2.20. The van der Waals surface area contributed by atoms with Gasteiger partial charge in [-0.1, -0.05) is 18.2 Å². The fraction of sp³-hybridized carbons (Fsp3) is 0.333. The zero-order chi connectivity index (χ0) is 16.9. The third kappa shape index (κ3) is 3.05. The van der Waals surface area contributed by atoms with Crippen molar-refractivity contribution in [2.24, 2.45) is 10.8 Å². The number of nitrogens with zero attached hydrogens (tertiary/aromatic N) is 3. The Morgan fingerprint density at radius 3 is 2.71 bits per heavy atom. The molecule has 2 heterocycles. The maximum absolute atomic E-state index is 5.72. The van der Waals surface area contributed by atoms with Gasteiger partial charge in [-0.15, -0.1) is 0 Å². The van der Waals surface area contributed by atoms with Crippen molar-refractivity contribution < 1.29 is 9.47 Å². The number of pyridine rings is 1. The van der Waals surface area contributed by atoms with E-state index in [0.717, 1.165) is 35.7 Å². The van der Waals surface area contributed by atoms with E-state index in [2.05, 4.69) is 4.98 Å². The molecular weight excluding hydrogens is 304 g/mol. The third-order valence-electron chi connectivity index (χ3n) is 4.08. The summed E-state index contributed by atoms with van der Waals surface area (Å²) in [6.07, 6.45) is 3.33. The maximum atomic E-state index is 5.72. The van der Waals surface area contributed by atoms with E-state index in [1.54, 1.807) is 20.4 Å². The van der Waals surface area contributed by atoms with Crippen LogP contribution < -0.4 is 20.2 Å². The Labute approximate surface area is 141 Å². The first-order valence-corrected chi connectivity index (χ1v) is 7.96. The van der Waals surface area contributed by atoms with Gasteiger partial charge in [0.1, 0.15) is 5.82 Å². The number of ether oxygens (including phenoxy) is 2. The minimum Gasteiger partial charge on any atom is -0.493 e. The van der Waals surface area contributed by atoms with E-state index in [4.69, 9.17) is 20.3 Å². The Hall–Kier alpha value is -2.60. The zero-order valence-corrected chi connectivity index (χ0v) is 14.0. The smallest absolute Gasteiger partial charge is 0.166 e. The molecule has 0 fully saturated rings. The minimum atomic E-state index is 0.00602. The van der Waals surface area contributed by atoms with Crippen LogP contribution in [0.25, 0.3) is 0 Å². The van der Waals surface area contributed by atoms with E-state index < -0.39 is 0 Å². The molecule has 0 saturated carbocycles. The van der Waals surface area contributed by atoms with Crippen LogP contribution in [-0.4, -0.2) is 31.5 Å². The molecule has 0 aliphatic carbocycles. The number of aromatic nitrogens is 1. The van der Waals surface area contributed by atoms with Gasteiger partial charge in [0.25, 0.3) is 0 Å². The molecule has 1 unspecified atom stereocenters. The molecule has 0 bridgehead atoms. The van der Waals surface area contributed by atoms with Gasteiger partial charge in [0.05, 0.1) is 20.3 Å². The van der Waals surface area contributed by atoms with Crippen LogP contribution in [0, 0.1) is 0 Å². The average Bonchev–Trinajstić information content (AvgIpc) is 3.05. The summed E-state index contributed by atoms with van der Waals surface area (Å²) in [5.41, 5.74) is 7.81. The summed E-state index contributed by atoms with van der Waals surface area (Å²) in [6, 6.07) is 11.7. The lowest BCUT2D eigenvalue weighted by molar-refractivity contribution is 0.349. The number of hydrogen-bond acceptors (Lipinski definition) is 6. The number of hydrogen-bond donors (Lipinski definition) is 1. The third-order valence-corrected chi connectivity index (χ3v) is 4.08. The van der Waals surface area contributed by atoms with Gasteiger partial charge in [0, 0.05) is 23.9 Å². The molecule has 3 rings (SSSR count). The lowest BCUT2D eigenvalue weighted by atomic mass is 9.99. The van der Waals surface area contributed by atoms with Crippen LogP contribution in [0.2, 0.25) is 0 Å². The van der Waals surface area contributed by atoms with Crippen LogP contribution >= 0.6 is 0 Å². The second-order valence-electron chi connectivity index (χ2n) is 5.54. The molecule has 1 aromatic carbocycles. The molecule has 1 aliphatic rings. The quantitative estimate of drug-likeness (QED) is 0.883. The normalized spacial score (nSPS) is 16.9. The predicted molar refractivity (Wildman–Crippen MR) is 94.7 cm³/mol. The Balaban J connectivity index is 2.03. The van der Waals surface area contributed by atoms with Gasteiger partial charge in [-0.3, -0.25) is 0 Å². The van der Waals surface area contributed by atoms with Gasteiger partial charge < -0.3 is 15.2 Å². The van der Waals surface area contributed by atoms with Gasteiger partial charge in [-0.05, 0) is 31.2 Å². The van der Waals surface area contributed by atoms with E-state index >= 15 is 0 Å². The molecule has 1 atom stereocenters. The number of benzene rings is 1. The standard InChI is InChI=1S/C18H22N4O2/c1-23-16-7-5-6-14(18(16)24-2)15-12-13(9-10-19)21-22(15)17-8-3-4-11-20-17/h3-8,11,15H,9-10,12,19H2,1-2H3. The molecule has 6 heteroatoms. The zero-order valence-electron chi connectivity index (χ0n) is 14.0. The molecule has 0 radical (unpaired) electrons. The molecular formula is C18H22N4O2. The van der Waals surface area contributed by atoms with Gasteiger partial charge in [-0.2, -0.15) is 5.10 Å². The molecule has 1 aliphatic heterocycles. The van der Waals surface area contributed by atoms with Crippen molar-refractivity contribution in [1.82, 2.24) is 4.98 Å². The molecule has 6 nitrogen and oxygen atoms in total. The van der Waals surface area contributed by atoms with Gasteiger partial charge >= 0.3 is 0 Å². The van der Waals surface area contributed by atoms with Crippen molar-refractivity contribution >= 4 is 11.5 Å². The topological polar surface area (TPSA) is 73.0 Å². The van der Waals surface area contributed by atoms with Crippen molar-refractivity contribution in [2.75, 3.05) is 25.8 Å². The molecule has 126 valence electrons. The SMILES string of the molecule is COc1cccc(C2CC(CCN)=NN2c2ccccn2)c1OC. The maximum Gasteiger partial charge on any atom is 0.166 e. The van der Waals surface area contributed by atoms with Crippen LogP contribution in [0.3, 0.4) is 0 Å². The Bertz CT molecular complexity index is 718. The van der Waals surface area contributed by atoms with E-state index in [1.807, 2.05) is 41.4 Å². The van der Waals surface area contributed by atoms with Crippen LogP contribution in [0.4, 0.5) is 5.82 Å². The van der Waals surface area contributed by atoms with E-state index in [9.17, 15) is 0 Å². The van der Waals surface area contributed by atoms with Crippen LogP contribution in [-0.2, 0) is 0 Å². The number of anilines is 1. The highest BCUT2D eigenvalue weighted by atomic mass is 16.5.